The zero-order valence-corrected chi connectivity index (χ0v) is 12.2. The fraction of sp³-hybridized carbons (Fsp3) is 0.600. The van der Waals surface area contributed by atoms with Gasteiger partial charge in [0.2, 0.25) is 0 Å². The number of methoxy groups -OCH3 is 3. The summed E-state index contributed by atoms with van der Waals surface area (Å²) in [6, 6.07) is 6.04. The molecule has 0 aliphatic heterocycles. The lowest BCUT2D eigenvalue weighted by molar-refractivity contribution is 0.199. The molecular formula is C15H25NO3. The van der Waals surface area contributed by atoms with Gasteiger partial charge in [0.15, 0.2) is 0 Å². The van der Waals surface area contributed by atoms with Gasteiger partial charge in [-0.15, -0.1) is 0 Å². The first-order valence-electron chi connectivity index (χ1n) is 6.71. The molecule has 0 aliphatic carbocycles. The number of ether oxygens (including phenoxy) is 3. The molecule has 108 valence electrons. The average Bonchev–Trinajstić information content (AvgIpc) is 2.45. The quantitative estimate of drug-likeness (QED) is 0.660. The van der Waals surface area contributed by atoms with Gasteiger partial charge in [0.05, 0.1) is 20.8 Å². The topological polar surface area (TPSA) is 39.7 Å². The highest BCUT2D eigenvalue weighted by molar-refractivity contribution is 5.38. The fourth-order valence-corrected chi connectivity index (χ4v) is 1.89. The third-order valence-electron chi connectivity index (χ3n) is 2.96. The van der Waals surface area contributed by atoms with E-state index in [-0.39, 0.29) is 0 Å². The van der Waals surface area contributed by atoms with Crippen LogP contribution in [0.25, 0.3) is 0 Å². The van der Waals surface area contributed by atoms with Gasteiger partial charge in [-0.25, -0.2) is 0 Å². The molecule has 0 saturated carbocycles. The van der Waals surface area contributed by atoms with Crippen molar-refractivity contribution in [3.63, 3.8) is 0 Å². The van der Waals surface area contributed by atoms with Crippen molar-refractivity contribution in [2.75, 3.05) is 41.0 Å². The van der Waals surface area contributed by atoms with Gasteiger partial charge in [-0.1, -0.05) is 0 Å². The van der Waals surface area contributed by atoms with E-state index in [0.29, 0.717) is 0 Å². The minimum absolute atomic E-state index is 0.771. The van der Waals surface area contributed by atoms with Gasteiger partial charge in [0, 0.05) is 19.7 Å². The summed E-state index contributed by atoms with van der Waals surface area (Å²) in [6.45, 7) is 2.72. The number of rotatable bonds is 10. The summed E-state index contributed by atoms with van der Waals surface area (Å²) >= 11 is 0. The number of aryl methyl sites for hydroxylation is 1. The molecule has 1 aromatic rings. The molecule has 0 atom stereocenters. The van der Waals surface area contributed by atoms with Gasteiger partial charge >= 0.3 is 0 Å². The van der Waals surface area contributed by atoms with E-state index in [1.54, 1.807) is 21.3 Å². The zero-order chi connectivity index (χ0) is 13.9. The van der Waals surface area contributed by atoms with Gasteiger partial charge in [-0.05, 0) is 43.5 Å². The Morgan fingerprint density at radius 3 is 2.16 bits per heavy atom. The molecule has 0 aliphatic rings. The lowest BCUT2D eigenvalue weighted by Crippen LogP contribution is -2.20. The molecule has 0 unspecified atom stereocenters. The molecule has 1 rings (SSSR count). The Labute approximate surface area is 116 Å². The summed E-state index contributed by atoms with van der Waals surface area (Å²) in [7, 11) is 5.08. The molecule has 19 heavy (non-hydrogen) atoms. The standard InChI is InChI=1S/C15H25NO3/c1-17-9-8-16-7-5-4-6-13-10-14(18-2)12-15(11-13)19-3/h10-12,16H,4-9H2,1-3H3. The Morgan fingerprint density at radius 2 is 1.58 bits per heavy atom. The van der Waals surface area contributed by atoms with Crippen molar-refractivity contribution in [2.45, 2.75) is 19.3 Å². The maximum Gasteiger partial charge on any atom is 0.122 e. The van der Waals surface area contributed by atoms with E-state index in [1.165, 1.54) is 5.56 Å². The predicted molar refractivity (Wildman–Crippen MR) is 77.2 cm³/mol. The molecule has 0 bridgehead atoms. The SMILES string of the molecule is COCCNCCCCc1cc(OC)cc(OC)c1. The first-order valence-corrected chi connectivity index (χ1v) is 6.71. The van der Waals surface area contributed by atoms with Crippen LogP contribution in [0.3, 0.4) is 0 Å². The number of benzene rings is 1. The summed E-state index contributed by atoms with van der Waals surface area (Å²) < 4.78 is 15.5. The Morgan fingerprint density at radius 1 is 0.895 bits per heavy atom. The molecule has 0 spiro atoms. The largest absolute Gasteiger partial charge is 0.497 e. The van der Waals surface area contributed by atoms with Crippen LogP contribution in [0.4, 0.5) is 0 Å². The van der Waals surface area contributed by atoms with Crippen LogP contribution in [-0.4, -0.2) is 41.0 Å². The van der Waals surface area contributed by atoms with Crippen molar-refractivity contribution in [1.29, 1.82) is 0 Å². The normalized spacial score (nSPS) is 10.5. The Hall–Kier alpha value is -1.26. The summed E-state index contributed by atoms with van der Waals surface area (Å²) in [6.07, 6.45) is 3.35. The summed E-state index contributed by atoms with van der Waals surface area (Å²) in [4.78, 5) is 0. The van der Waals surface area contributed by atoms with Crippen LogP contribution < -0.4 is 14.8 Å². The van der Waals surface area contributed by atoms with Gasteiger partial charge in [-0.2, -0.15) is 0 Å². The Balaban J connectivity index is 2.28. The predicted octanol–water partition coefficient (Wildman–Crippen LogP) is 2.26. The number of hydrogen-bond acceptors (Lipinski definition) is 4. The number of unbranched alkanes of at least 4 members (excludes halogenated alkanes) is 1. The van der Waals surface area contributed by atoms with E-state index >= 15 is 0 Å². The molecule has 0 amide bonds. The third-order valence-corrected chi connectivity index (χ3v) is 2.96. The van der Waals surface area contributed by atoms with Crippen LogP contribution in [0.2, 0.25) is 0 Å². The highest BCUT2D eigenvalue weighted by Crippen LogP contribution is 2.23. The zero-order valence-electron chi connectivity index (χ0n) is 12.2. The molecule has 4 nitrogen and oxygen atoms in total. The molecule has 4 heteroatoms. The van der Waals surface area contributed by atoms with Gasteiger partial charge < -0.3 is 19.5 Å². The molecule has 0 radical (unpaired) electrons. The second-order valence-corrected chi connectivity index (χ2v) is 4.42. The smallest absolute Gasteiger partial charge is 0.122 e. The van der Waals surface area contributed by atoms with E-state index in [9.17, 15) is 0 Å². The summed E-state index contributed by atoms with van der Waals surface area (Å²) in [5, 5.41) is 3.34. The highest BCUT2D eigenvalue weighted by atomic mass is 16.5. The fourth-order valence-electron chi connectivity index (χ4n) is 1.89. The van der Waals surface area contributed by atoms with Crippen LogP contribution in [0.1, 0.15) is 18.4 Å². The minimum Gasteiger partial charge on any atom is -0.497 e. The lowest BCUT2D eigenvalue weighted by atomic mass is 10.1. The highest BCUT2D eigenvalue weighted by Gasteiger charge is 2.01. The van der Waals surface area contributed by atoms with Crippen molar-refractivity contribution < 1.29 is 14.2 Å². The van der Waals surface area contributed by atoms with Crippen LogP contribution >= 0.6 is 0 Å². The van der Waals surface area contributed by atoms with E-state index in [4.69, 9.17) is 14.2 Å². The molecule has 0 aromatic heterocycles. The molecule has 0 saturated heterocycles. The Bertz CT molecular complexity index is 333. The summed E-state index contributed by atoms with van der Waals surface area (Å²) in [5.41, 5.74) is 1.26. The molecule has 0 fully saturated rings. The molecule has 1 N–H and O–H groups in total. The van der Waals surface area contributed by atoms with Crippen LogP contribution in [0.5, 0.6) is 11.5 Å². The first-order chi connectivity index (χ1) is 9.30. The Kier molecular flexibility index (Phi) is 8.02. The second kappa shape index (κ2) is 9.64. The van der Waals surface area contributed by atoms with E-state index in [0.717, 1.165) is 50.5 Å². The van der Waals surface area contributed by atoms with Crippen molar-refractivity contribution in [3.05, 3.63) is 23.8 Å². The third kappa shape index (κ3) is 6.45. The first kappa shape index (κ1) is 15.8. The molecular weight excluding hydrogens is 242 g/mol. The van der Waals surface area contributed by atoms with Crippen LogP contribution in [0.15, 0.2) is 18.2 Å². The van der Waals surface area contributed by atoms with Crippen molar-refractivity contribution in [2.24, 2.45) is 0 Å². The molecule has 0 heterocycles. The van der Waals surface area contributed by atoms with E-state index in [1.807, 2.05) is 6.07 Å². The van der Waals surface area contributed by atoms with Gasteiger partial charge in [-0.3, -0.25) is 0 Å². The maximum atomic E-state index is 5.26. The maximum absolute atomic E-state index is 5.26. The average molecular weight is 267 g/mol. The van der Waals surface area contributed by atoms with Gasteiger partial charge in [0.25, 0.3) is 0 Å². The minimum atomic E-state index is 0.771. The second-order valence-electron chi connectivity index (χ2n) is 4.42. The van der Waals surface area contributed by atoms with E-state index in [2.05, 4.69) is 17.4 Å². The van der Waals surface area contributed by atoms with Crippen LogP contribution in [0, 0.1) is 0 Å². The van der Waals surface area contributed by atoms with Crippen molar-refractivity contribution in [3.8, 4) is 11.5 Å². The number of nitrogens with one attached hydrogen (secondary N) is 1. The van der Waals surface area contributed by atoms with Crippen molar-refractivity contribution >= 4 is 0 Å². The van der Waals surface area contributed by atoms with Gasteiger partial charge in [0.1, 0.15) is 11.5 Å². The monoisotopic (exact) mass is 267 g/mol. The van der Waals surface area contributed by atoms with E-state index < -0.39 is 0 Å². The van der Waals surface area contributed by atoms with Crippen LogP contribution in [-0.2, 0) is 11.2 Å². The number of hydrogen-bond donors (Lipinski definition) is 1. The van der Waals surface area contributed by atoms with Crippen molar-refractivity contribution in [1.82, 2.24) is 5.32 Å². The molecule has 1 aromatic carbocycles. The summed E-state index contributed by atoms with van der Waals surface area (Å²) in [5.74, 6) is 1.71. The lowest BCUT2D eigenvalue weighted by Gasteiger charge is -2.08.